The van der Waals surface area contributed by atoms with Crippen LogP contribution >= 0.6 is 23.1 Å². The first-order chi connectivity index (χ1) is 5.13. The molecule has 0 aliphatic carbocycles. The van der Waals surface area contributed by atoms with E-state index >= 15 is 0 Å². The zero-order valence-corrected chi connectivity index (χ0v) is 7.43. The quantitative estimate of drug-likeness (QED) is 0.721. The molecule has 1 rings (SSSR count). The van der Waals surface area contributed by atoms with E-state index in [4.69, 9.17) is 17.3 Å². The minimum absolute atomic E-state index is 0.367. The van der Waals surface area contributed by atoms with Crippen molar-refractivity contribution in [3.05, 3.63) is 10.0 Å². The first-order valence-corrected chi connectivity index (χ1v) is 4.19. The van der Waals surface area contributed by atoms with Crippen molar-refractivity contribution in [1.29, 1.82) is 0 Å². The van der Waals surface area contributed by atoms with E-state index in [0.717, 1.165) is 11.5 Å². The molecule has 0 radical (unpaired) electrons. The summed E-state index contributed by atoms with van der Waals surface area (Å²) in [5.41, 5.74) is 5.79. The van der Waals surface area contributed by atoms with Gasteiger partial charge in [-0.1, -0.05) is 16.1 Å². The molecule has 2 atom stereocenters. The third kappa shape index (κ3) is 1.87. The summed E-state index contributed by atoms with van der Waals surface area (Å²) >= 11 is 6.70. The van der Waals surface area contributed by atoms with Gasteiger partial charge in [-0.05, 0) is 6.92 Å². The molecule has 0 spiro atoms. The number of rotatable bonds is 2. The van der Waals surface area contributed by atoms with Crippen LogP contribution in [0.1, 0.15) is 18.7 Å². The number of aliphatic hydroxyl groups is 1. The summed E-state index contributed by atoms with van der Waals surface area (Å²) in [4.78, 5) is 0. The van der Waals surface area contributed by atoms with Crippen LogP contribution in [0.15, 0.2) is 0 Å². The van der Waals surface area contributed by atoms with E-state index in [0.29, 0.717) is 10.0 Å². The Morgan fingerprint density at radius 1 is 1.73 bits per heavy atom. The normalized spacial score (nSPS) is 16.4. The summed E-state index contributed by atoms with van der Waals surface area (Å²) in [6, 6.07) is -0.378. The molecule has 3 N–H and O–H groups in total. The highest BCUT2D eigenvalue weighted by Crippen LogP contribution is 2.24. The maximum Gasteiger partial charge on any atom is 0.140 e. The van der Waals surface area contributed by atoms with Gasteiger partial charge in [-0.2, -0.15) is 0 Å². The van der Waals surface area contributed by atoms with Crippen molar-refractivity contribution in [3.8, 4) is 0 Å². The monoisotopic (exact) mass is 193 g/mol. The van der Waals surface area contributed by atoms with Crippen LogP contribution in [-0.4, -0.2) is 20.7 Å². The summed E-state index contributed by atoms with van der Waals surface area (Å²) in [5, 5.41) is 13.0. The lowest BCUT2D eigenvalue weighted by molar-refractivity contribution is 0.149. The zero-order chi connectivity index (χ0) is 8.43. The van der Waals surface area contributed by atoms with Gasteiger partial charge in [0, 0.05) is 17.6 Å². The molecule has 1 heterocycles. The summed E-state index contributed by atoms with van der Waals surface area (Å²) in [6.45, 7) is 1.68. The highest BCUT2D eigenvalue weighted by Gasteiger charge is 2.19. The van der Waals surface area contributed by atoms with E-state index in [2.05, 4.69) is 9.59 Å². The second kappa shape index (κ2) is 3.44. The first kappa shape index (κ1) is 8.86. The smallest absolute Gasteiger partial charge is 0.140 e. The Bertz CT molecular complexity index is 239. The average Bonchev–Trinajstić information content (AvgIpc) is 2.33. The highest BCUT2D eigenvalue weighted by molar-refractivity contribution is 7.10. The maximum atomic E-state index is 9.36. The Kier molecular flexibility index (Phi) is 2.78. The number of hydrogen-bond acceptors (Lipinski definition) is 5. The predicted octanol–water partition coefficient (Wildman–Crippen LogP) is 0.572. The Morgan fingerprint density at radius 2 is 2.36 bits per heavy atom. The van der Waals surface area contributed by atoms with Crippen LogP contribution in [0.25, 0.3) is 0 Å². The molecule has 11 heavy (non-hydrogen) atoms. The van der Waals surface area contributed by atoms with Gasteiger partial charge in [-0.3, -0.25) is 0 Å². The van der Waals surface area contributed by atoms with Gasteiger partial charge in [0.2, 0.25) is 0 Å². The number of hydrogen-bond donors (Lipinski definition) is 2. The van der Waals surface area contributed by atoms with Crippen LogP contribution < -0.4 is 5.73 Å². The van der Waals surface area contributed by atoms with E-state index in [-0.39, 0.29) is 6.04 Å². The van der Waals surface area contributed by atoms with Crippen LogP contribution in [0, 0.1) is 0 Å². The summed E-state index contributed by atoms with van der Waals surface area (Å²) < 4.78 is 3.97. The molecule has 0 saturated heterocycles. The molecular weight excluding hydrogens is 186 g/mol. The van der Waals surface area contributed by atoms with Crippen molar-refractivity contribution in [2.24, 2.45) is 5.73 Å². The van der Waals surface area contributed by atoms with Gasteiger partial charge in [0.25, 0.3) is 0 Å². The third-order valence-electron chi connectivity index (χ3n) is 1.25. The van der Waals surface area contributed by atoms with Crippen molar-refractivity contribution < 1.29 is 5.11 Å². The lowest BCUT2D eigenvalue weighted by Crippen LogP contribution is -2.24. The molecule has 1 aromatic rings. The van der Waals surface area contributed by atoms with Gasteiger partial charge in [0.15, 0.2) is 0 Å². The molecule has 62 valence electrons. The minimum Gasteiger partial charge on any atom is -0.385 e. The summed E-state index contributed by atoms with van der Waals surface area (Å²) in [7, 11) is 0. The SMILES string of the molecule is CC(N)C(O)c1nnsc1Cl. The topological polar surface area (TPSA) is 72.0 Å². The van der Waals surface area contributed by atoms with Crippen LogP contribution in [0.5, 0.6) is 0 Å². The van der Waals surface area contributed by atoms with Crippen molar-refractivity contribution in [1.82, 2.24) is 9.59 Å². The Hall–Kier alpha value is -0.230. The Balaban J connectivity index is 2.84. The molecule has 1 aromatic heterocycles. The maximum absolute atomic E-state index is 9.36. The number of nitrogens with zero attached hydrogens (tertiary/aromatic N) is 2. The van der Waals surface area contributed by atoms with Gasteiger partial charge < -0.3 is 10.8 Å². The predicted molar refractivity (Wildman–Crippen MR) is 43.5 cm³/mol. The molecular formula is C5H8ClN3OS. The molecule has 6 heteroatoms. The van der Waals surface area contributed by atoms with Gasteiger partial charge in [-0.25, -0.2) is 0 Å². The largest absolute Gasteiger partial charge is 0.385 e. The van der Waals surface area contributed by atoms with Crippen LogP contribution in [0.3, 0.4) is 0 Å². The molecule has 4 nitrogen and oxygen atoms in total. The fourth-order valence-corrected chi connectivity index (χ4v) is 1.31. The lowest BCUT2D eigenvalue weighted by Gasteiger charge is -2.10. The van der Waals surface area contributed by atoms with Crippen LogP contribution in [0.2, 0.25) is 4.34 Å². The van der Waals surface area contributed by atoms with E-state index < -0.39 is 6.10 Å². The van der Waals surface area contributed by atoms with E-state index in [1.165, 1.54) is 0 Å². The van der Waals surface area contributed by atoms with Crippen molar-refractivity contribution in [2.75, 3.05) is 0 Å². The van der Waals surface area contributed by atoms with Crippen LogP contribution in [-0.2, 0) is 0 Å². The second-order valence-electron chi connectivity index (χ2n) is 2.24. The molecule has 0 aromatic carbocycles. The molecule has 0 aliphatic heterocycles. The molecule has 0 aliphatic rings. The van der Waals surface area contributed by atoms with Crippen molar-refractivity contribution in [2.45, 2.75) is 19.1 Å². The number of halogens is 1. The third-order valence-corrected chi connectivity index (χ3v) is 2.18. The fraction of sp³-hybridized carbons (Fsp3) is 0.600. The number of aliphatic hydroxyl groups excluding tert-OH is 1. The molecule has 0 bridgehead atoms. The van der Waals surface area contributed by atoms with E-state index in [1.54, 1.807) is 6.92 Å². The lowest BCUT2D eigenvalue weighted by atomic mass is 10.1. The fourth-order valence-electron chi connectivity index (χ4n) is 0.611. The first-order valence-electron chi connectivity index (χ1n) is 3.04. The van der Waals surface area contributed by atoms with Gasteiger partial charge in [0.05, 0.1) is 0 Å². The van der Waals surface area contributed by atoms with Gasteiger partial charge in [0.1, 0.15) is 16.1 Å². The van der Waals surface area contributed by atoms with Crippen molar-refractivity contribution >= 4 is 23.1 Å². The minimum atomic E-state index is -0.818. The van der Waals surface area contributed by atoms with E-state index in [9.17, 15) is 5.11 Å². The second-order valence-corrected chi connectivity index (χ2v) is 3.59. The molecule has 2 unspecified atom stereocenters. The van der Waals surface area contributed by atoms with Crippen molar-refractivity contribution in [3.63, 3.8) is 0 Å². The average molecular weight is 194 g/mol. The van der Waals surface area contributed by atoms with Gasteiger partial charge >= 0.3 is 0 Å². The molecule has 0 saturated carbocycles. The number of nitrogens with two attached hydrogens (primary N) is 1. The number of aromatic nitrogens is 2. The zero-order valence-electron chi connectivity index (χ0n) is 5.86. The van der Waals surface area contributed by atoms with Crippen LogP contribution in [0.4, 0.5) is 0 Å². The Morgan fingerprint density at radius 3 is 2.73 bits per heavy atom. The van der Waals surface area contributed by atoms with Gasteiger partial charge in [-0.15, -0.1) is 5.10 Å². The molecule has 0 fully saturated rings. The summed E-state index contributed by atoms with van der Waals surface area (Å²) in [6.07, 6.45) is -0.818. The highest BCUT2D eigenvalue weighted by atomic mass is 35.5. The Labute approximate surface area is 73.2 Å². The standard InChI is InChI=1S/C5H8ClN3OS/c1-2(7)4(10)3-5(6)11-9-8-3/h2,4,10H,7H2,1H3. The molecule has 0 amide bonds. The van der Waals surface area contributed by atoms with E-state index in [1.807, 2.05) is 0 Å². The summed E-state index contributed by atoms with van der Waals surface area (Å²) in [5.74, 6) is 0.